The van der Waals surface area contributed by atoms with Crippen LogP contribution in [0.5, 0.6) is 0 Å². The summed E-state index contributed by atoms with van der Waals surface area (Å²) >= 11 is 0. The van der Waals surface area contributed by atoms with Gasteiger partial charge in [-0.15, -0.1) is 0 Å². The molecule has 1 amide bonds. The second-order valence-corrected chi connectivity index (χ2v) is 3.66. The van der Waals surface area contributed by atoms with E-state index in [9.17, 15) is 9.59 Å². The van der Waals surface area contributed by atoms with Crippen LogP contribution in [0.3, 0.4) is 0 Å². The first kappa shape index (κ1) is 13.6. The molecule has 0 rings (SSSR count). The lowest BCUT2D eigenvalue weighted by Gasteiger charge is -2.10. The number of nitrogens with one attached hydrogen (secondary N) is 1. The van der Waals surface area contributed by atoms with E-state index in [0.29, 0.717) is 6.54 Å². The summed E-state index contributed by atoms with van der Waals surface area (Å²) < 4.78 is 0. The molecule has 0 aromatic carbocycles. The van der Waals surface area contributed by atoms with Gasteiger partial charge in [-0.25, -0.2) is 0 Å². The van der Waals surface area contributed by atoms with E-state index in [1.54, 1.807) is 18.0 Å². The highest BCUT2D eigenvalue weighted by Gasteiger charge is 2.02. The molecule has 0 saturated heterocycles. The molecule has 5 heteroatoms. The number of carboxylic acids is 1. The summed E-state index contributed by atoms with van der Waals surface area (Å²) in [6, 6.07) is 0.110. The highest BCUT2D eigenvalue weighted by molar-refractivity contribution is 5.87. The van der Waals surface area contributed by atoms with Crippen LogP contribution in [-0.4, -0.2) is 48.1 Å². The maximum Gasteiger partial charge on any atom is 0.317 e. The molecule has 0 atom stereocenters. The van der Waals surface area contributed by atoms with E-state index in [0.717, 1.165) is 0 Å². The Hall–Kier alpha value is -1.36. The van der Waals surface area contributed by atoms with Crippen molar-refractivity contribution in [3.05, 3.63) is 12.2 Å². The Kier molecular flexibility index (Phi) is 6.37. The van der Waals surface area contributed by atoms with Gasteiger partial charge in [0.2, 0.25) is 5.91 Å². The van der Waals surface area contributed by atoms with Gasteiger partial charge in [-0.1, -0.05) is 6.08 Å². The van der Waals surface area contributed by atoms with Crippen LogP contribution in [-0.2, 0) is 9.59 Å². The standard InChI is InChI=1S/C10H18N2O3/c1-8(2)11-9(13)5-4-6-12(3)7-10(14)15/h4-5,8H,6-7H2,1-3H3,(H,11,13)(H,14,15)/b5-4+. The Balaban J connectivity index is 3.78. The highest BCUT2D eigenvalue weighted by Crippen LogP contribution is 1.85. The lowest BCUT2D eigenvalue weighted by atomic mass is 10.3. The molecular formula is C10H18N2O3. The summed E-state index contributed by atoms with van der Waals surface area (Å²) in [4.78, 5) is 23.0. The molecule has 15 heavy (non-hydrogen) atoms. The molecule has 5 nitrogen and oxygen atoms in total. The average molecular weight is 214 g/mol. The minimum absolute atomic E-state index is 0.0316. The molecule has 0 aromatic rings. The number of amides is 1. The first-order chi connectivity index (χ1) is 6.91. The van der Waals surface area contributed by atoms with Crippen LogP contribution in [0, 0.1) is 0 Å². The fourth-order valence-electron chi connectivity index (χ4n) is 0.968. The molecule has 0 aliphatic rings. The van der Waals surface area contributed by atoms with Gasteiger partial charge in [-0.2, -0.15) is 0 Å². The Morgan fingerprint density at radius 2 is 2.07 bits per heavy atom. The van der Waals surface area contributed by atoms with Crippen molar-refractivity contribution in [1.82, 2.24) is 10.2 Å². The first-order valence-electron chi connectivity index (χ1n) is 4.79. The molecule has 0 unspecified atom stereocenters. The van der Waals surface area contributed by atoms with Crippen LogP contribution < -0.4 is 5.32 Å². The maximum atomic E-state index is 11.1. The number of carboxylic acid groups (broad SMARTS) is 1. The number of rotatable bonds is 6. The van der Waals surface area contributed by atoms with Gasteiger partial charge in [-0.05, 0) is 20.9 Å². The van der Waals surface area contributed by atoms with Gasteiger partial charge in [0.15, 0.2) is 0 Å². The summed E-state index contributed by atoms with van der Waals surface area (Å²) in [6.07, 6.45) is 3.05. The minimum atomic E-state index is -0.877. The van der Waals surface area contributed by atoms with E-state index < -0.39 is 5.97 Å². The SMILES string of the molecule is CC(C)NC(=O)/C=C/CN(C)CC(=O)O. The monoisotopic (exact) mass is 214 g/mol. The van der Waals surface area contributed by atoms with E-state index in [1.807, 2.05) is 13.8 Å². The van der Waals surface area contributed by atoms with E-state index in [2.05, 4.69) is 5.32 Å². The second-order valence-electron chi connectivity index (χ2n) is 3.66. The largest absolute Gasteiger partial charge is 0.480 e. The van der Waals surface area contributed by atoms with Crippen LogP contribution in [0.2, 0.25) is 0 Å². The quantitative estimate of drug-likeness (QED) is 0.614. The first-order valence-corrected chi connectivity index (χ1v) is 4.79. The second kappa shape index (κ2) is 7.00. The smallest absolute Gasteiger partial charge is 0.317 e. The van der Waals surface area contributed by atoms with Gasteiger partial charge in [0.25, 0.3) is 0 Å². The number of nitrogens with zero attached hydrogens (tertiary/aromatic N) is 1. The number of likely N-dealkylation sites (N-methyl/N-ethyl adjacent to an activating group) is 1. The third kappa shape index (κ3) is 8.96. The van der Waals surface area contributed by atoms with Crippen LogP contribution in [0.1, 0.15) is 13.8 Å². The summed E-state index contributed by atoms with van der Waals surface area (Å²) in [6.45, 7) is 4.17. The lowest BCUT2D eigenvalue weighted by molar-refractivity contribution is -0.137. The van der Waals surface area contributed by atoms with Crippen molar-refractivity contribution in [2.75, 3.05) is 20.1 Å². The molecular weight excluding hydrogens is 196 g/mol. The number of aliphatic carboxylic acids is 1. The summed E-state index contributed by atoms with van der Waals surface area (Å²) in [5, 5.41) is 11.2. The van der Waals surface area contributed by atoms with Crippen molar-refractivity contribution in [1.29, 1.82) is 0 Å². The molecule has 0 aromatic heterocycles. The molecule has 0 aliphatic carbocycles. The Labute approximate surface area is 89.8 Å². The van der Waals surface area contributed by atoms with E-state index >= 15 is 0 Å². The van der Waals surface area contributed by atoms with E-state index in [-0.39, 0.29) is 18.5 Å². The number of hydrogen-bond acceptors (Lipinski definition) is 3. The Morgan fingerprint density at radius 1 is 1.47 bits per heavy atom. The van der Waals surface area contributed by atoms with Crippen LogP contribution in [0.15, 0.2) is 12.2 Å². The summed E-state index contributed by atoms with van der Waals surface area (Å²) in [7, 11) is 1.68. The van der Waals surface area contributed by atoms with Crippen molar-refractivity contribution in [2.24, 2.45) is 0 Å². The molecule has 0 aliphatic heterocycles. The van der Waals surface area contributed by atoms with Crippen LogP contribution in [0.25, 0.3) is 0 Å². The molecule has 0 saturated carbocycles. The van der Waals surface area contributed by atoms with Crippen molar-refractivity contribution < 1.29 is 14.7 Å². The van der Waals surface area contributed by atoms with Crippen LogP contribution in [0.4, 0.5) is 0 Å². The zero-order valence-electron chi connectivity index (χ0n) is 9.36. The van der Waals surface area contributed by atoms with Crippen molar-refractivity contribution in [3.63, 3.8) is 0 Å². The fraction of sp³-hybridized carbons (Fsp3) is 0.600. The fourth-order valence-corrected chi connectivity index (χ4v) is 0.968. The van der Waals surface area contributed by atoms with Crippen molar-refractivity contribution in [3.8, 4) is 0 Å². The Bertz CT molecular complexity index is 249. The summed E-state index contributed by atoms with van der Waals surface area (Å²) in [5.41, 5.74) is 0. The van der Waals surface area contributed by atoms with Gasteiger partial charge in [-0.3, -0.25) is 14.5 Å². The highest BCUT2D eigenvalue weighted by atomic mass is 16.4. The van der Waals surface area contributed by atoms with Gasteiger partial charge < -0.3 is 10.4 Å². The molecule has 0 spiro atoms. The predicted molar refractivity (Wildman–Crippen MR) is 57.6 cm³/mol. The van der Waals surface area contributed by atoms with Crippen LogP contribution >= 0.6 is 0 Å². The molecule has 86 valence electrons. The average Bonchev–Trinajstić information content (AvgIpc) is 2.00. The van der Waals surface area contributed by atoms with Crippen molar-refractivity contribution in [2.45, 2.75) is 19.9 Å². The van der Waals surface area contributed by atoms with Crippen molar-refractivity contribution >= 4 is 11.9 Å². The molecule has 2 N–H and O–H groups in total. The molecule has 0 fully saturated rings. The van der Waals surface area contributed by atoms with Gasteiger partial charge >= 0.3 is 5.97 Å². The topological polar surface area (TPSA) is 69.6 Å². The number of carbonyl (C=O) groups excluding carboxylic acids is 1. The third-order valence-electron chi connectivity index (χ3n) is 1.52. The zero-order chi connectivity index (χ0) is 11.8. The minimum Gasteiger partial charge on any atom is -0.480 e. The van der Waals surface area contributed by atoms with Gasteiger partial charge in [0.1, 0.15) is 0 Å². The van der Waals surface area contributed by atoms with E-state index in [1.165, 1.54) is 6.08 Å². The van der Waals surface area contributed by atoms with Gasteiger partial charge in [0.05, 0.1) is 6.54 Å². The zero-order valence-corrected chi connectivity index (χ0v) is 9.36. The predicted octanol–water partition coefficient (Wildman–Crippen LogP) is 0.0836. The number of hydrogen-bond donors (Lipinski definition) is 2. The molecule has 0 radical (unpaired) electrons. The normalized spacial score (nSPS) is 11.3. The third-order valence-corrected chi connectivity index (χ3v) is 1.52. The molecule has 0 bridgehead atoms. The summed E-state index contributed by atoms with van der Waals surface area (Å²) in [5.74, 6) is -1.04. The lowest BCUT2D eigenvalue weighted by Crippen LogP contribution is -2.29. The Morgan fingerprint density at radius 3 is 2.53 bits per heavy atom. The molecule has 0 heterocycles. The van der Waals surface area contributed by atoms with Gasteiger partial charge in [0, 0.05) is 18.7 Å². The maximum absolute atomic E-state index is 11.1. The number of carbonyl (C=O) groups is 2. The van der Waals surface area contributed by atoms with E-state index in [4.69, 9.17) is 5.11 Å².